The largest absolute Gasteiger partial charge is 0.497 e. The van der Waals surface area contributed by atoms with Gasteiger partial charge in [0.2, 0.25) is 5.91 Å². The molecule has 3 aromatic carbocycles. The van der Waals surface area contributed by atoms with Crippen LogP contribution in [0, 0.1) is 0 Å². The lowest BCUT2D eigenvalue weighted by Gasteiger charge is -2.24. The van der Waals surface area contributed by atoms with Gasteiger partial charge >= 0.3 is 0 Å². The van der Waals surface area contributed by atoms with Crippen LogP contribution in [-0.2, 0) is 15.0 Å². The van der Waals surface area contributed by atoms with Gasteiger partial charge in [0.15, 0.2) is 11.9 Å². The Hall–Kier alpha value is -4.13. The summed E-state index contributed by atoms with van der Waals surface area (Å²) >= 11 is 0. The number of rotatable bonds is 12. The number of methoxy groups -OCH3 is 1. The van der Waals surface area contributed by atoms with E-state index in [4.69, 9.17) is 9.47 Å². The molecule has 2 amide bonds. The normalized spacial score (nSPS) is 11.8. The van der Waals surface area contributed by atoms with Crippen LogP contribution in [0.3, 0.4) is 0 Å². The quantitative estimate of drug-likeness (QED) is 0.215. The second-order valence-corrected chi connectivity index (χ2v) is 9.73. The van der Waals surface area contributed by atoms with Gasteiger partial charge in [-0.3, -0.25) is 14.4 Å². The fourth-order valence-corrected chi connectivity index (χ4v) is 3.82. The zero-order valence-corrected chi connectivity index (χ0v) is 22.7. The minimum absolute atomic E-state index is 0.0677. The van der Waals surface area contributed by atoms with Crippen molar-refractivity contribution in [3.63, 3.8) is 0 Å². The fourth-order valence-electron chi connectivity index (χ4n) is 3.82. The van der Waals surface area contributed by atoms with Gasteiger partial charge in [-0.25, -0.2) is 0 Å². The third-order valence-electron chi connectivity index (χ3n) is 6.59. The van der Waals surface area contributed by atoms with Crippen LogP contribution in [0.1, 0.15) is 62.9 Å². The van der Waals surface area contributed by atoms with E-state index in [0.29, 0.717) is 34.9 Å². The molecule has 0 aromatic heterocycles. The number of ketones is 1. The summed E-state index contributed by atoms with van der Waals surface area (Å²) in [5.41, 5.74) is 2.60. The van der Waals surface area contributed by atoms with Gasteiger partial charge in [-0.05, 0) is 60.2 Å². The van der Waals surface area contributed by atoms with Gasteiger partial charge in [0.25, 0.3) is 5.91 Å². The van der Waals surface area contributed by atoms with E-state index < -0.39 is 12.0 Å². The van der Waals surface area contributed by atoms with Crippen LogP contribution in [0.5, 0.6) is 11.5 Å². The van der Waals surface area contributed by atoms with E-state index in [1.54, 1.807) is 48.5 Å². The maximum absolute atomic E-state index is 12.9. The van der Waals surface area contributed by atoms with Gasteiger partial charge in [0, 0.05) is 23.0 Å². The molecule has 2 N–H and O–H groups in total. The zero-order valence-electron chi connectivity index (χ0n) is 22.7. The van der Waals surface area contributed by atoms with Gasteiger partial charge in [-0.1, -0.05) is 58.0 Å². The number of benzene rings is 3. The lowest BCUT2D eigenvalue weighted by atomic mass is 9.82. The molecule has 3 rings (SSSR count). The average Bonchev–Trinajstić information content (AvgIpc) is 2.92. The van der Waals surface area contributed by atoms with Crippen molar-refractivity contribution >= 4 is 29.0 Å². The number of amides is 2. The Kier molecular flexibility index (Phi) is 9.66. The lowest BCUT2D eigenvalue weighted by molar-refractivity contribution is -0.122. The van der Waals surface area contributed by atoms with Crippen LogP contribution >= 0.6 is 0 Å². The van der Waals surface area contributed by atoms with Crippen molar-refractivity contribution in [2.45, 2.75) is 58.5 Å². The average molecular weight is 517 g/mol. The minimum Gasteiger partial charge on any atom is -0.497 e. The van der Waals surface area contributed by atoms with Crippen molar-refractivity contribution in [3.05, 3.63) is 83.9 Å². The summed E-state index contributed by atoms with van der Waals surface area (Å²) < 4.78 is 11.1. The molecule has 38 heavy (non-hydrogen) atoms. The molecule has 0 aliphatic carbocycles. The number of Topliss-reactive ketones (excluding diaryl/α,β-unsaturated/α-hetero) is 1. The summed E-state index contributed by atoms with van der Waals surface area (Å²) in [4.78, 5) is 38.1. The molecule has 200 valence electrons. The van der Waals surface area contributed by atoms with Crippen LogP contribution in [0.15, 0.2) is 72.8 Å². The summed E-state index contributed by atoms with van der Waals surface area (Å²) in [6, 6.07) is 21.3. The molecule has 0 aliphatic heterocycles. The first-order valence-electron chi connectivity index (χ1n) is 12.8. The van der Waals surface area contributed by atoms with Gasteiger partial charge in [0.05, 0.1) is 13.5 Å². The smallest absolute Gasteiger partial charge is 0.265 e. The van der Waals surface area contributed by atoms with Crippen LogP contribution in [0.4, 0.5) is 11.4 Å². The highest BCUT2D eigenvalue weighted by Gasteiger charge is 2.21. The van der Waals surface area contributed by atoms with E-state index in [1.165, 1.54) is 12.7 Å². The van der Waals surface area contributed by atoms with Gasteiger partial charge in [0.1, 0.15) is 11.5 Å². The van der Waals surface area contributed by atoms with Crippen molar-refractivity contribution in [2.24, 2.45) is 0 Å². The zero-order chi connectivity index (χ0) is 27.7. The summed E-state index contributed by atoms with van der Waals surface area (Å²) in [5, 5.41) is 5.53. The first kappa shape index (κ1) is 28.4. The molecule has 0 saturated carbocycles. The van der Waals surface area contributed by atoms with Crippen molar-refractivity contribution in [2.75, 3.05) is 17.7 Å². The van der Waals surface area contributed by atoms with E-state index in [1.807, 2.05) is 31.2 Å². The Morgan fingerprint density at radius 1 is 0.842 bits per heavy atom. The Labute approximate surface area is 224 Å². The van der Waals surface area contributed by atoms with Crippen molar-refractivity contribution in [1.29, 1.82) is 0 Å². The van der Waals surface area contributed by atoms with Crippen LogP contribution in [0.25, 0.3) is 0 Å². The van der Waals surface area contributed by atoms with Gasteiger partial charge in [-0.2, -0.15) is 0 Å². The Morgan fingerprint density at radius 2 is 1.50 bits per heavy atom. The van der Waals surface area contributed by atoms with Crippen LogP contribution in [-0.4, -0.2) is 30.8 Å². The molecule has 0 fully saturated rings. The molecule has 1 atom stereocenters. The second kappa shape index (κ2) is 12.9. The molecule has 0 aliphatic rings. The van der Waals surface area contributed by atoms with Crippen molar-refractivity contribution < 1.29 is 23.9 Å². The molecular weight excluding hydrogens is 480 g/mol. The molecule has 0 bridgehead atoms. The molecule has 7 nitrogen and oxygen atoms in total. The standard InChI is InChI=1S/C31H36N2O5/c1-6-28(38-25-16-14-22(15-17-25)31(3,4)7-2)30(36)33-23-11-8-10-21(18-23)27(34)20-29(35)32-24-12-9-13-26(19-24)37-5/h8-19,28H,6-7,20H2,1-5H3,(H,32,35)(H,33,36)/t28-/m0/s1. The number of nitrogens with one attached hydrogen (secondary N) is 2. The second-order valence-electron chi connectivity index (χ2n) is 9.73. The molecular formula is C31H36N2O5. The molecule has 0 spiro atoms. The highest BCUT2D eigenvalue weighted by molar-refractivity contribution is 6.11. The predicted molar refractivity (Wildman–Crippen MR) is 150 cm³/mol. The van der Waals surface area contributed by atoms with Gasteiger partial charge in [-0.15, -0.1) is 0 Å². The van der Waals surface area contributed by atoms with E-state index in [2.05, 4.69) is 31.4 Å². The SMILES string of the molecule is CC[C@H](Oc1ccc(C(C)(C)CC)cc1)C(=O)Nc1cccc(C(=O)CC(=O)Nc2cccc(OC)c2)c1. The van der Waals surface area contributed by atoms with E-state index >= 15 is 0 Å². The molecule has 0 saturated heterocycles. The maximum Gasteiger partial charge on any atom is 0.265 e. The van der Waals surface area contributed by atoms with Crippen molar-refractivity contribution in [1.82, 2.24) is 0 Å². The summed E-state index contributed by atoms with van der Waals surface area (Å²) in [6.45, 7) is 8.41. The highest BCUT2D eigenvalue weighted by Crippen LogP contribution is 2.28. The Bertz CT molecular complexity index is 1270. The Morgan fingerprint density at radius 3 is 2.13 bits per heavy atom. The molecule has 3 aromatic rings. The monoisotopic (exact) mass is 516 g/mol. The van der Waals surface area contributed by atoms with E-state index in [0.717, 1.165) is 6.42 Å². The minimum atomic E-state index is -0.701. The number of carbonyl (C=O) groups is 3. The number of carbonyl (C=O) groups excluding carboxylic acids is 3. The molecule has 7 heteroatoms. The van der Waals surface area contributed by atoms with Crippen LogP contribution < -0.4 is 20.1 Å². The Balaban J connectivity index is 1.60. The van der Waals surface area contributed by atoms with E-state index in [-0.39, 0.29) is 23.5 Å². The highest BCUT2D eigenvalue weighted by atomic mass is 16.5. The number of anilines is 2. The molecule has 0 radical (unpaired) electrons. The van der Waals surface area contributed by atoms with Gasteiger partial charge < -0.3 is 20.1 Å². The van der Waals surface area contributed by atoms with Crippen LogP contribution in [0.2, 0.25) is 0 Å². The third kappa shape index (κ3) is 7.68. The van der Waals surface area contributed by atoms with Crippen molar-refractivity contribution in [3.8, 4) is 11.5 Å². The number of ether oxygens (including phenoxy) is 2. The number of hydrogen-bond donors (Lipinski definition) is 2. The first-order chi connectivity index (χ1) is 18.1. The predicted octanol–water partition coefficient (Wildman–Crippen LogP) is 6.39. The summed E-state index contributed by atoms with van der Waals surface area (Å²) in [5.74, 6) is 0.106. The fraction of sp³-hybridized carbons (Fsp3) is 0.323. The summed E-state index contributed by atoms with van der Waals surface area (Å²) in [6.07, 6.45) is 0.451. The third-order valence-corrected chi connectivity index (χ3v) is 6.59. The first-order valence-corrected chi connectivity index (χ1v) is 12.8. The lowest BCUT2D eigenvalue weighted by Crippen LogP contribution is -2.32. The summed E-state index contributed by atoms with van der Waals surface area (Å²) in [7, 11) is 1.54. The number of hydrogen-bond acceptors (Lipinski definition) is 5. The molecule has 0 heterocycles. The topological polar surface area (TPSA) is 93.7 Å². The maximum atomic E-state index is 12.9. The molecule has 0 unspecified atom stereocenters. The van der Waals surface area contributed by atoms with E-state index in [9.17, 15) is 14.4 Å².